The molecular weight excluding hydrogens is 234 g/mol. The Labute approximate surface area is 105 Å². The van der Waals surface area contributed by atoms with Gasteiger partial charge in [-0.3, -0.25) is 10.1 Å². The molecule has 6 heteroatoms. The van der Waals surface area contributed by atoms with E-state index < -0.39 is 4.92 Å². The molecular formula is C12H17N3O3. The van der Waals surface area contributed by atoms with Gasteiger partial charge in [0.25, 0.3) is 5.69 Å². The third-order valence-electron chi connectivity index (χ3n) is 3.29. The van der Waals surface area contributed by atoms with Gasteiger partial charge in [-0.25, -0.2) is 4.98 Å². The van der Waals surface area contributed by atoms with Gasteiger partial charge in [-0.2, -0.15) is 0 Å². The van der Waals surface area contributed by atoms with Gasteiger partial charge in [0, 0.05) is 12.3 Å². The molecule has 0 aromatic carbocycles. The third kappa shape index (κ3) is 3.16. The van der Waals surface area contributed by atoms with Crippen LogP contribution in [0.15, 0.2) is 18.3 Å². The second-order valence-electron chi connectivity index (χ2n) is 4.82. The van der Waals surface area contributed by atoms with Gasteiger partial charge in [-0.1, -0.05) is 19.3 Å². The van der Waals surface area contributed by atoms with Crippen molar-refractivity contribution >= 4 is 5.69 Å². The van der Waals surface area contributed by atoms with Crippen LogP contribution in [0.1, 0.15) is 32.1 Å². The number of aromatic nitrogens is 1. The number of ether oxygens (including phenoxy) is 1. The molecule has 6 nitrogen and oxygen atoms in total. The average Bonchev–Trinajstić information content (AvgIpc) is 2.38. The Morgan fingerprint density at radius 2 is 2.17 bits per heavy atom. The molecule has 1 heterocycles. The van der Waals surface area contributed by atoms with E-state index in [2.05, 4.69) is 4.98 Å². The van der Waals surface area contributed by atoms with E-state index in [-0.39, 0.29) is 17.1 Å². The number of hydrogen-bond acceptors (Lipinski definition) is 5. The van der Waals surface area contributed by atoms with Crippen molar-refractivity contribution in [2.75, 3.05) is 6.61 Å². The molecule has 0 aliphatic heterocycles. The van der Waals surface area contributed by atoms with Gasteiger partial charge in [-0.05, 0) is 12.8 Å². The zero-order valence-electron chi connectivity index (χ0n) is 10.2. The maximum atomic E-state index is 10.6. The van der Waals surface area contributed by atoms with Gasteiger partial charge in [0.2, 0.25) is 5.88 Å². The highest BCUT2D eigenvalue weighted by Gasteiger charge is 2.28. The molecule has 2 N–H and O–H groups in total. The van der Waals surface area contributed by atoms with E-state index in [9.17, 15) is 10.1 Å². The molecule has 2 rings (SSSR count). The zero-order chi connectivity index (χ0) is 13.0. The molecule has 0 unspecified atom stereocenters. The van der Waals surface area contributed by atoms with E-state index in [0.717, 1.165) is 25.7 Å². The average molecular weight is 251 g/mol. The van der Waals surface area contributed by atoms with Crippen LogP contribution < -0.4 is 10.5 Å². The first kappa shape index (κ1) is 12.8. The molecule has 1 aromatic heterocycles. The Kier molecular flexibility index (Phi) is 3.76. The van der Waals surface area contributed by atoms with Crippen LogP contribution >= 0.6 is 0 Å². The standard InChI is InChI=1S/C12H17N3O3/c13-12(5-2-1-3-6-12)9-18-11-8-10(15(16)17)4-7-14-11/h4,7-8H,1-3,5-6,9,13H2. The van der Waals surface area contributed by atoms with Crippen molar-refractivity contribution in [2.45, 2.75) is 37.6 Å². The second kappa shape index (κ2) is 5.30. The summed E-state index contributed by atoms with van der Waals surface area (Å²) in [6.45, 7) is 0.362. The molecule has 1 aromatic rings. The van der Waals surface area contributed by atoms with Crippen molar-refractivity contribution in [2.24, 2.45) is 5.73 Å². The van der Waals surface area contributed by atoms with Crippen LogP contribution in [0.3, 0.4) is 0 Å². The smallest absolute Gasteiger partial charge is 0.276 e. The highest BCUT2D eigenvalue weighted by molar-refractivity contribution is 5.32. The summed E-state index contributed by atoms with van der Waals surface area (Å²) < 4.78 is 5.50. The van der Waals surface area contributed by atoms with Crippen molar-refractivity contribution < 1.29 is 9.66 Å². The van der Waals surface area contributed by atoms with Crippen LogP contribution in [-0.2, 0) is 0 Å². The number of nitrogens with two attached hydrogens (primary N) is 1. The summed E-state index contributed by atoms with van der Waals surface area (Å²) in [4.78, 5) is 14.1. The van der Waals surface area contributed by atoms with Crippen LogP contribution in [-0.4, -0.2) is 22.1 Å². The molecule has 18 heavy (non-hydrogen) atoms. The van der Waals surface area contributed by atoms with E-state index in [1.54, 1.807) is 0 Å². The predicted octanol–water partition coefficient (Wildman–Crippen LogP) is 2.03. The summed E-state index contributed by atoms with van der Waals surface area (Å²) in [6, 6.07) is 2.66. The highest BCUT2D eigenvalue weighted by Crippen LogP contribution is 2.26. The summed E-state index contributed by atoms with van der Waals surface area (Å²) in [6.07, 6.45) is 6.68. The maximum absolute atomic E-state index is 10.6. The number of pyridine rings is 1. The van der Waals surface area contributed by atoms with E-state index in [0.29, 0.717) is 6.61 Å². The summed E-state index contributed by atoms with van der Waals surface area (Å²) in [5, 5.41) is 10.6. The van der Waals surface area contributed by atoms with Gasteiger partial charge in [0.1, 0.15) is 6.61 Å². The fourth-order valence-electron chi connectivity index (χ4n) is 2.21. The largest absolute Gasteiger partial charge is 0.476 e. The molecule has 0 amide bonds. The van der Waals surface area contributed by atoms with Gasteiger partial charge in [-0.15, -0.1) is 0 Å². The van der Waals surface area contributed by atoms with Crippen molar-refractivity contribution in [3.05, 3.63) is 28.4 Å². The minimum absolute atomic E-state index is 0.0188. The Bertz CT molecular complexity index is 430. The lowest BCUT2D eigenvalue weighted by molar-refractivity contribution is -0.385. The van der Waals surface area contributed by atoms with Crippen LogP contribution in [0.2, 0.25) is 0 Å². The predicted molar refractivity (Wildman–Crippen MR) is 66.4 cm³/mol. The first-order valence-electron chi connectivity index (χ1n) is 6.11. The lowest BCUT2D eigenvalue weighted by Crippen LogP contribution is -2.47. The lowest BCUT2D eigenvalue weighted by Gasteiger charge is -2.32. The molecule has 0 bridgehead atoms. The number of nitro groups is 1. The maximum Gasteiger partial charge on any atom is 0.276 e. The lowest BCUT2D eigenvalue weighted by atomic mass is 9.83. The van der Waals surface area contributed by atoms with Crippen LogP contribution in [0.5, 0.6) is 5.88 Å². The van der Waals surface area contributed by atoms with E-state index in [1.807, 2.05) is 0 Å². The fraction of sp³-hybridized carbons (Fsp3) is 0.583. The number of nitrogens with zero attached hydrogens (tertiary/aromatic N) is 2. The molecule has 98 valence electrons. The van der Waals surface area contributed by atoms with Crippen LogP contribution in [0.4, 0.5) is 5.69 Å². The Morgan fingerprint density at radius 1 is 1.44 bits per heavy atom. The number of rotatable bonds is 4. The summed E-state index contributed by atoms with van der Waals surface area (Å²) in [7, 11) is 0. The molecule has 1 saturated carbocycles. The molecule has 1 fully saturated rings. The van der Waals surface area contributed by atoms with E-state index in [1.165, 1.54) is 24.8 Å². The van der Waals surface area contributed by atoms with Gasteiger partial charge >= 0.3 is 0 Å². The first-order chi connectivity index (χ1) is 8.59. The molecule has 1 aliphatic carbocycles. The van der Waals surface area contributed by atoms with E-state index >= 15 is 0 Å². The molecule has 1 aliphatic rings. The Hall–Kier alpha value is -1.69. The van der Waals surface area contributed by atoms with Crippen LogP contribution in [0.25, 0.3) is 0 Å². The van der Waals surface area contributed by atoms with Gasteiger partial charge in [0.15, 0.2) is 0 Å². The zero-order valence-corrected chi connectivity index (χ0v) is 10.2. The SMILES string of the molecule is NC1(COc2cc([N+](=O)[O-])ccn2)CCCCC1. The van der Waals surface area contributed by atoms with Crippen molar-refractivity contribution in [1.29, 1.82) is 0 Å². The quantitative estimate of drug-likeness (QED) is 0.653. The molecule has 0 spiro atoms. The minimum atomic E-state index is -0.465. The van der Waals surface area contributed by atoms with Gasteiger partial charge in [0.05, 0.1) is 16.5 Å². The first-order valence-corrected chi connectivity index (χ1v) is 6.11. The van der Waals surface area contributed by atoms with Crippen molar-refractivity contribution in [3.8, 4) is 5.88 Å². The molecule has 0 saturated heterocycles. The van der Waals surface area contributed by atoms with Gasteiger partial charge < -0.3 is 10.5 Å². The van der Waals surface area contributed by atoms with E-state index in [4.69, 9.17) is 10.5 Å². The van der Waals surface area contributed by atoms with Crippen LogP contribution in [0, 0.1) is 10.1 Å². The fourth-order valence-corrected chi connectivity index (χ4v) is 2.21. The Morgan fingerprint density at radius 3 is 2.83 bits per heavy atom. The Balaban J connectivity index is 1.97. The normalized spacial score (nSPS) is 18.3. The number of hydrogen-bond donors (Lipinski definition) is 1. The summed E-state index contributed by atoms with van der Waals surface area (Å²) >= 11 is 0. The van der Waals surface area contributed by atoms with Crippen molar-refractivity contribution in [1.82, 2.24) is 4.98 Å². The topological polar surface area (TPSA) is 91.3 Å². The second-order valence-corrected chi connectivity index (χ2v) is 4.82. The molecule has 0 atom stereocenters. The molecule has 0 radical (unpaired) electrons. The highest BCUT2D eigenvalue weighted by atomic mass is 16.6. The summed E-state index contributed by atoms with van der Waals surface area (Å²) in [5.74, 6) is 0.264. The van der Waals surface area contributed by atoms with Crippen molar-refractivity contribution in [3.63, 3.8) is 0 Å². The monoisotopic (exact) mass is 251 g/mol. The summed E-state index contributed by atoms with van der Waals surface area (Å²) in [5.41, 5.74) is 5.88. The minimum Gasteiger partial charge on any atom is -0.476 e. The third-order valence-corrected chi connectivity index (χ3v) is 3.29.